The summed E-state index contributed by atoms with van der Waals surface area (Å²) in [5.74, 6) is -3.20. The van der Waals surface area contributed by atoms with Crippen molar-refractivity contribution < 1.29 is 42.1 Å². The highest BCUT2D eigenvalue weighted by molar-refractivity contribution is 6.12. The molecule has 0 aliphatic rings. The van der Waals surface area contributed by atoms with Crippen LogP contribution in [0.3, 0.4) is 0 Å². The molecule has 0 radical (unpaired) electrons. The Balaban J connectivity index is 2.55. The number of aromatic nitrogens is 1. The summed E-state index contributed by atoms with van der Waals surface area (Å²) < 4.78 is 49.1. The number of carbonyl (C=O) groups excluding carboxylic acids is 3. The minimum absolute atomic E-state index is 0.0142. The lowest BCUT2D eigenvalue weighted by atomic mass is 10.0. The molecule has 30 heavy (non-hydrogen) atoms. The fourth-order valence-electron chi connectivity index (χ4n) is 2.90. The molecular weight excluding hydrogens is 407 g/mol. The quantitative estimate of drug-likeness (QED) is 0.538. The summed E-state index contributed by atoms with van der Waals surface area (Å²) in [6.07, 6.45) is -5.00. The van der Waals surface area contributed by atoms with Crippen LogP contribution in [0.5, 0.6) is 5.75 Å². The van der Waals surface area contributed by atoms with Crippen LogP contribution in [0, 0.1) is 0 Å². The number of benzene rings is 1. The molecule has 0 unspecified atom stereocenters. The van der Waals surface area contributed by atoms with Gasteiger partial charge in [-0.15, -0.1) is 0 Å². The minimum Gasteiger partial charge on any atom is -0.505 e. The summed E-state index contributed by atoms with van der Waals surface area (Å²) in [6.45, 7) is 3.19. The molecular formula is C20H20F3NO6. The highest BCUT2D eigenvalue weighted by Crippen LogP contribution is 2.33. The summed E-state index contributed by atoms with van der Waals surface area (Å²) in [6, 6.07) is 3.40. The second kappa shape index (κ2) is 9.02. The molecule has 0 saturated heterocycles. The first kappa shape index (κ1) is 23.0. The van der Waals surface area contributed by atoms with Gasteiger partial charge in [0.15, 0.2) is 5.75 Å². The van der Waals surface area contributed by atoms with E-state index in [4.69, 9.17) is 9.47 Å². The van der Waals surface area contributed by atoms with E-state index in [-0.39, 0.29) is 35.7 Å². The molecule has 2 aromatic rings. The van der Waals surface area contributed by atoms with Gasteiger partial charge in [0.1, 0.15) is 11.3 Å². The van der Waals surface area contributed by atoms with Gasteiger partial charge in [-0.25, -0.2) is 4.79 Å². The number of ether oxygens (including phenoxy) is 2. The maximum atomic E-state index is 12.9. The van der Waals surface area contributed by atoms with Gasteiger partial charge >= 0.3 is 18.1 Å². The summed E-state index contributed by atoms with van der Waals surface area (Å²) >= 11 is 0. The Morgan fingerprint density at radius 2 is 1.60 bits per heavy atom. The Kier molecular flexibility index (Phi) is 6.91. The third-order valence-corrected chi connectivity index (χ3v) is 4.28. The SMILES string of the molecule is CCOC(=O)Cc1c(C(=O)OCC)c(O)c(C(=O)c2ccc(C(F)(F)F)cc2)n1C. The molecule has 0 bridgehead atoms. The molecule has 1 aromatic heterocycles. The van der Waals surface area contributed by atoms with Gasteiger partial charge in [0, 0.05) is 18.3 Å². The molecule has 10 heteroatoms. The normalized spacial score (nSPS) is 11.3. The van der Waals surface area contributed by atoms with E-state index in [9.17, 15) is 32.7 Å². The van der Waals surface area contributed by atoms with E-state index >= 15 is 0 Å². The standard InChI is InChI=1S/C20H20F3NO6/c1-4-29-14(25)10-13-15(19(28)30-5-2)18(27)16(24(13)3)17(26)11-6-8-12(9-7-11)20(21,22)23/h6-9,27H,4-5,10H2,1-3H3. The molecule has 0 aliphatic heterocycles. The largest absolute Gasteiger partial charge is 0.505 e. The number of halogens is 3. The van der Waals surface area contributed by atoms with Crippen LogP contribution in [0.25, 0.3) is 0 Å². The van der Waals surface area contributed by atoms with Crippen LogP contribution in [0.4, 0.5) is 13.2 Å². The van der Waals surface area contributed by atoms with Crippen molar-refractivity contribution in [2.75, 3.05) is 13.2 Å². The second-order valence-electron chi connectivity index (χ2n) is 6.18. The molecule has 1 heterocycles. The molecule has 162 valence electrons. The number of ketones is 1. The van der Waals surface area contributed by atoms with E-state index < -0.39 is 41.6 Å². The van der Waals surface area contributed by atoms with Crippen LogP contribution in [0.2, 0.25) is 0 Å². The lowest BCUT2D eigenvalue weighted by molar-refractivity contribution is -0.142. The van der Waals surface area contributed by atoms with Gasteiger partial charge in [0.05, 0.1) is 25.2 Å². The zero-order valence-corrected chi connectivity index (χ0v) is 16.5. The van der Waals surface area contributed by atoms with Crippen LogP contribution in [0.1, 0.15) is 51.5 Å². The van der Waals surface area contributed by atoms with Gasteiger partial charge in [-0.2, -0.15) is 13.2 Å². The predicted octanol–water partition coefficient (Wildman–Crippen LogP) is 3.26. The van der Waals surface area contributed by atoms with Crippen LogP contribution < -0.4 is 0 Å². The number of alkyl halides is 3. The van der Waals surface area contributed by atoms with E-state index in [0.29, 0.717) is 0 Å². The van der Waals surface area contributed by atoms with Crippen LogP contribution in [-0.2, 0) is 33.9 Å². The van der Waals surface area contributed by atoms with Crippen molar-refractivity contribution >= 4 is 17.7 Å². The number of esters is 2. The maximum absolute atomic E-state index is 12.9. The topological polar surface area (TPSA) is 94.8 Å². The Labute approximate surface area is 170 Å². The van der Waals surface area contributed by atoms with Crippen molar-refractivity contribution in [1.82, 2.24) is 4.57 Å². The lowest BCUT2D eigenvalue weighted by Gasteiger charge is -2.09. The van der Waals surface area contributed by atoms with Crippen LogP contribution >= 0.6 is 0 Å². The predicted molar refractivity (Wildman–Crippen MR) is 98.2 cm³/mol. The molecule has 0 atom stereocenters. The van der Waals surface area contributed by atoms with Crippen LogP contribution in [-0.4, -0.2) is 40.6 Å². The molecule has 0 aliphatic carbocycles. The Hall–Kier alpha value is -3.30. The molecule has 7 nitrogen and oxygen atoms in total. The van der Waals surface area contributed by atoms with Gasteiger partial charge in [0.25, 0.3) is 0 Å². The average molecular weight is 427 g/mol. The zero-order valence-electron chi connectivity index (χ0n) is 16.5. The van der Waals surface area contributed by atoms with Gasteiger partial charge in [0.2, 0.25) is 5.78 Å². The van der Waals surface area contributed by atoms with Gasteiger partial charge in [-0.1, -0.05) is 12.1 Å². The Morgan fingerprint density at radius 1 is 1.03 bits per heavy atom. The molecule has 1 N–H and O–H groups in total. The van der Waals surface area contributed by atoms with E-state index in [2.05, 4.69) is 0 Å². The molecule has 0 amide bonds. The fraction of sp³-hybridized carbons (Fsp3) is 0.350. The van der Waals surface area contributed by atoms with Crippen molar-refractivity contribution in [3.63, 3.8) is 0 Å². The minimum atomic E-state index is -4.57. The monoisotopic (exact) mass is 427 g/mol. The third kappa shape index (κ3) is 4.64. The molecule has 1 aromatic carbocycles. The fourth-order valence-corrected chi connectivity index (χ4v) is 2.90. The number of rotatable bonds is 7. The molecule has 2 rings (SSSR count). The molecule has 0 spiro atoms. The van der Waals surface area contributed by atoms with Crippen LogP contribution in [0.15, 0.2) is 24.3 Å². The molecule has 0 saturated carbocycles. The van der Waals surface area contributed by atoms with Crippen molar-refractivity contribution in [3.8, 4) is 5.75 Å². The summed E-state index contributed by atoms with van der Waals surface area (Å²) in [4.78, 5) is 37.1. The second-order valence-corrected chi connectivity index (χ2v) is 6.18. The van der Waals surface area contributed by atoms with E-state index in [1.165, 1.54) is 14.0 Å². The number of nitrogens with zero attached hydrogens (tertiary/aromatic N) is 1. The van der Waals surface area contributed by atoms with E-state index in [1.54, 1.807) is 6.92 Å². The number of hydrogen-bond acceptors (Lipinski definition) is 6. The lowest BCUT2D eigenvalue weighted by Crippen LogP contribution is -2.16. The number of carbonyl (C=O) groups is 3. The van der Waals surface area contributed by atoms with E-state index in [1.807, 2.05) is 0 Å². The third-order valence-electron chi connectivity index (χ3n) is 4.28. The van der Waals surface area contributed by atoms with Crippen molar-refractivity contribution in [1.29, 1.82) is 0 Å². The van der Waals surface area contributed by atoms with Gasteiger partial charge < -0.3 is 19.1 Å². The average Bonchev–Trinajstić information content (AvgIpc) is 2.91. The summed E-state index contributed by atoms with van der Waals surface area (Å²) in [7, 11) is 1.34. The first-order valence-corrected chi connectivity index (χ1v) is 8.98. The smallest absolute Gasteiger partial charge is 0.416 e. The molecule has 0 fully saturated rings. The van der Waals surface area contributed by atoms with Gasteiger partial charge in [-0.3, -0.25) is 9.59 Å². The van der Waals surface area contributed by atoms with E-state index in [0.717, 1.165) is 28.8 Å². The van der Waals surface area contributed by atoms with Crippen molar-refractivity contribution in [2.24, 2.45) is 7.05 Å². The highest BCUT2D eigenvalue weighted by atomic mass is 19.4. The first-order valence-electron chi connectivity index (χ1n) is 8.98. The summed E-state index contributed by atoms with van der Waals surface area (Å²) in [5, 5.41) is 10.6. The number of aromatic hydroxyl groups is 1. The zero-order chi connectivity index (χ0) is 22.6. The summed E-state index contributed by atoms with van der Waals surface area (Å²) in [5.41, 5.74) is -1.83. The maximum Gasteiger partial charge on any atom is 0.416 e. The van der Waals surface area contributed by atoms with Gasteiger partial charge in [-0.05, 0) is 26.0 Å². The Bertz CT molecular complexity index is 960. The Morgan fingerprint density at radius 3 is 2.10 bits per heavy atom. The highest BCUT2D eigenvalue weighted by Gasteiger charge is 2.33. The van der Waals surface area contributed by atoms with Crippen molar-refractivity contribution in [3.05, 3.63) is 52.3 Å². The number of hydrogen-bond donors (Lipinski definition) is 1. The first-order chi connectivity index (χ1) is 14.0. The van der Waals surface area contributed by atoms with Crippen molar-refractivity contribution in [2.45, 2.75) is 26.4 Å².